The fraction of sp³-hybridized carbons (Fsp3) is 1.00. The number of rotatable bonds is 1. The molecule has 2 fully saturated rings. The Morgan fingerprint density at radius 3 is 2.42 bits per heavy atom. The Kier molecular flexibility index (Phi) is 1.45. The zero-order valence-corrected chi connectivity index (χ0v) is 8.56. The average Bonchev–Trinajstić information content (AvgIpc) is 2.34. The Morgan fingerprint density at radius 1 is 1.50 bits per heavy atom. The van der Waals surface area contributed by atoms with Crippen LogP contribution in [0.5, 0.6) is 0 Å². The zero-order chi connectivity index (χ0) is 9.15. The SMILES string of the molecule is CC1[C@H]2CN(S(C)(=O)=O)C[C@@]12C. The molecule has 1 aliphatic carbocycles. The average molecular weight is 189 g/mol. The summed E-state index contributed by atoms with van der Waals surface area (Å²) in [4.78, 5) is 0. The van der Waals surface area contributed by atoms with Gasteiger partial charge in [-0.3, -0.25) is 0 Å². The van der Waals surface area contributed by atoms with E-state index in [2.05, 4.69) is 13.8 Å². The van der Waals surface area contributed by atoms with Gasteiger partial charge in [0.2, 0.25) is 10.0 Å². The maximum atomic E-state index is 11.2. The first kappa shape index (κ1) is 8.51. The van der Waals surface area contributed by atoms with E-state index in [-0.39, 0.29) is 0 Å². The van der Waals surface area contributed by atoms with Crippen LogP contribution in [-0.2, 0) is 10.0 Å². The summed E-state index contributed by atoms with van der Waals surface area (Å²) in [6.07, 6.45) is 1.30. The number of hydrogen-bond acceptors (Lipinski definition) is 2. The standard InChI is InChI=1S/C8H15NO2S/c1-6-7-4-9(12(3,10)11)5-8(6,7)2/h6-7H,4-5H2,1-3H3/t6?,7-,8+/m1/s1. The van der Waals surface area contributed by atoms with Crippen LogP contribution >= 0.6 is 0 Å². The predicted molar refractivity (Wildman–Crippen MR) is 47.2 cm³/mol. The molecule has 0 bridgehead atoms. The van der Waals surface area contributed by atoms with Crippen molar-refractivity contribution in [1.29, 1.82) is 0 Å². The van der Waals surface area contributed by atoms with Crippen molar-refractivity contribution in [3.8, 4) is 0 Å². The van der Waals surface area contributed by atoms with Gasteiger partial charge in [-0.25, -0.2) is 12.7 Å². The van der Waals surface area contributed by atoms with E-state index in [0.29, 0.717) is 11.3 Å². The van der Waals surface area contributed by atoms with E-state index in [4.69, 9.17) is 0 Å². The summed E-state index contributed by atoms with van der Waals surface area (Å²) in [5.41, 5.74) is 0.295. The van der Waals surface area contributed by atoms with Gasteiger partial charge in [0.05, 0.1) is 6.26 Å². The summed E-state index contributed by atoms with van der Waals surface area (Å²) in [6.45, 7) is 5.88. The van der Waals surface area contributed by atoms with Crippen molar-refractivity contribution in [2.45, 2.75) is 13.8 Å². The second-order valence-electron chi connectivity index (χ2n) is 4.46. The number of nitrogens with zero attached hydrogens (tertiary/aromatic N) is 1. The largest absolute Gasteiger partial charge is 0.213 e. The Morgan fingerprint density at radius 2 is 2.08 bits per heavy atom. The summed E-state index contributed by atoms with van der Waals surface area (Å²) >= 11 is 0. The number of sulfonamides is 1. The number of hydrogen-bond donors (Lipinski definition) is 0. The molecule has 2 aliphatic rings. The van der Waals surface area contributed by atoms with Crippen molar-refractivity contribution in [2.75, 3.05) is 19.3 Å². The van der Waals surface area contributed by atoms with Crippen LogP contribution in [0.4, 0.5) is 0 Å². The van der Waals surface area contributed by atoms with E-state index in [0.717, 1.165) is 19.0 Å². The van der Waals surface area contributed by atoms with Crippen LogP contribution in [0.2, 0.25) is 0 Å². The van der Waals surface area contributed by atoms with Gasteiger partial charge < -0.3 is 0 Å². The minimum Gasteiger partial charge on any atom is -0.213 e. The molecule has 1 unspecified atom stereocenters. The van der Waals surface area contributed by atoms with E-state index >= 15 is 0 Å². The van der Waals surface area contributed by atoms with Crippen molar-refractivity contribution in [3.05, 3.63) is 0 Å². The molecule has 1 saturated carbocycles. The topological polar surface area (TPSA) is 37.4 Å². The highest BCUT2D eigenvalue weighted by Crippen LogP contribution is 2.62. The Balaban J connectivity index is 2.14. The van der Waals surface area contributed by atoms with Crippen molar-refractivity contribution < 1.29 is 8.42 Å². The number of fused-ring (bicyclic) bond motifs is 1. The smallest absolute Gasteiger partial charge is 0.211 e. The van der Waals surface area contributed by atoms with Gasteiger partial charge in [0.25, 0.3) is 0 Å². The molecular formula is C8H15NO2S. The summed E-state index contributed by atoms with van der Waals surface area (Å²) in [5, 5.41) is 0. The first-order valence-corrected chi connectivity index (χ1v) is 6.15. The van der Waals surface area contributed by atoms with Crippen LogP contribution in [0.15, 0.2) is 0 Å². The lowest BCUT2D eigenvalue weighted by Gasteiger charge is -2.17. The van der Waals surface area contributed by atoms with Crippen LogP contribution in [0.3, 0.4) is 0 Å². The van der Waals surface area contributed by atoms with Crippen molar-refractivity contribution in [3.63, 3.8) is 0 Å². The highest BCUT2D eigenvalue weighted by Gasteiger charge is 2.64. The number of piperidine rings is 1. The van der Waals surface area contributed by atoms with E-state index in [1.54, 1.807) is 4.31 Å². The van der Waals surface area contributed by atoms with Crippen molar-refractivity contribution >= 4 is 10.0 Å². The molecule has 1 heterocycles. The maximum Gasteiger partial charge on any atom is 0.211 e. The normalized spacial score (nSPS) is 47.6. The lowest BCUT2D eigenvalue weighted by Crippen LogP contribution is -2.31. The molecule has 0 aromatic rings. The first-order chi connectivity index (χ1) is 5.36. The van der Waals surface area contributed by atoms with Crippen LogP contribution in [0.1, 0.15) is 13.8 Å². The molecule has 0 amide bonds. The minimum atomic E-state index is -2.93. The summed E-state index contributed by atoms with van der Waals surface area (Å²) < 4.78 is 24.0. The third-order valence-electron chi connectivity index (χ3n) is 3.77. The molecule has 4 heteroatoms. The van der Waals surface area contributed by atoms with Gasteiger partial charge in [-0.1, -0.05) is 13.8 Å². The fourth-order valence-corrected chi connectivity index (χ4v) is 3.40. The monoisotopic (exact) mass is 189 g/mol. The van der Waals surface area contributed by atoms with Crippen LogP contribution < -0.4 is 0 Å². The zero-order valence-electron chi connectivity index (χ0n) is 7.74. The highest BCUT2D eigenvalue weighted by atomic mass is 32.2. The molecule has 70 valence electrons. The van der Waals surface area contributed by atoms with E-state index in [1.165, 1.54) is 6.26 Å². The van der Waals surface area contributed by atoms with Crippen LogP contribution in [0, 0.1) is 17.3 Å². The minimum absolute atomic E-state index is 0.295. The second-order valence-corrected chi connectivity index (χ2v) is 6.44. The molecule has 0 N–H and O–H groups in total. The fourth-order valence-electron chi connectivity index (χ4n) is 2.45. The molecule has 3 atom stereocenters. The van der Waals surface area contributed by atoms with Gasteiger partial charge in [-0.2, -0.15) is 0 Å². The molecular weight excluding hydrogens is 174 g/mol. The van der Waals surface area contributed by atoms with Crippen LogP contribution in [-0.4, -0.2) is 32.1 Å². The molecule has 1 saturated heterocycles. The van der Waals surface area contributed by atoms with Crippen molar-refractivity contribution in [2.24, 2.45) is 17.3 Å². The van der Waals surface area contributed by atoms with Gasteiger partial charge in [0, 0.05) is 13.1 Å². The van der Waals surface area contributed by atoms with E-state index in [1.807, 2.05) is 0 Å². The van der Waals surface area contributed by atoms with Crippen LogP contribution in [0.25, 0.3) is 0 Å². The molecule has 3 nitrogen and oxygen atoms in total. The molecule has 0 radical (unpaired) electrons. The Labute approximate surface area is 73.8 Å². The third kappa shape index (κ3) is 0.941. The second kappa shape index (κ2) is 2.04. The summed E-state index contributed by atoms with van der Waals surface area (Å²) in [6, 6.07) is 0. The molecule has 0 spiro atoms. The highest BCUT2D eigenvalue weighted by molar-refractivity contribution is 7.88. The maximum absolute atomic E-state index is 11.2. The van der Waals surface area contributed by atoms with Gasteiger partial charge in [0.1, 0.15) is 0 Å². The predicted octanol–water partition coefficient (Wildman–Crippen LogP) is 0.534. The molecule has 0 aromatic carbocycles. The third-order valence-corrected chi connectivity index (χ3v) is 4.98. The lowest BCUT2D eigenvalue weighted by molar-refractivity contribution is 0.385. The summed E-state index contributed by atoms with van der Waals surface area (Å²) in [7, 11) is -2.93. The van der Waals surface area contributed by atoms with Gasteiger partial charge in [-0.05, 0) is 17.3 Å². The van der Waals surface area contributed by atoms with E-state index < -0.39 is 10.0 Å². The summed E-state index contributed by atoms with van der Waals surface area (Å²) in [5.74, 6) is 1.34. The Bertz CT molecular complexity index is 311. The quantitative estimate of drug-likeness (QED) is 0.603. The molecule has 2 rings (SSSR count). The first-order valence-electron chi connectivity index (χ1n) is 4.31. The van der Waals surface area contributed by atoms with Gasteiger partial charge in [-0.15, -0.1) is 0 Å². The lowest BCUT2D eigenvalue weighted by atomic mass is 10.1. The van der Waals surface area contributed by atoms with Gasteiger partial charge in [0.15, 0.2) is 0 Å². The Hall–Kier alpha value is -0.0900. The van der Waals surface area contributed by atoms with E-state index in [9.17, 15) is 8.42 Å². The van der Waals surface area contributed by atoms with Gasteiger partial charge >= 0.3 is 0 Å². The molecule has 1 aliphatic heterocycles. The van der Waals surface area contributed by atoms with Crippen molar-refractivity contribution in [1.82, 2.24) is 4.31 Å². The molecule has 0 aromatic heterocycles. The molecule has 12 heavy (non-hydrogen) atoms.